The van der Waals surface area contributed by atoms with Crippen LogP contribution in [0.5, 0.6) is 17.2 Å². The number of aromatic amines is 1. The summed E-state index contributed by atoms with van der Waals surface area (Å²) in [6, 6.07) is 25.4. The molecule has 0 unspecified atom stereocenters. The number of hydrogen-bond donors (Lipinski definition) is 1. The van der Waals surface area contributed by atoms with Crippen molar-refractivity contribution in [3.05, 3.63) is 96.7 Å². The number of rotatable bonds is 8. The van der Waals surface area contributed by atoms with Gasteiger partial charge in [-0.25, -0.2) is 13.4 Å². The summed E-state index contributed by atoms with van der Waals surface area (Å²) in [6.45, 7) is 1.91. The summed E-state index contributed by atoms with van der Waals surface area (Å²) in [5, 5.41) is 0. The first-order valence-electron chi connectivity index (χ1n) is 11.1. The molecule has 0 aliphatic carbocycles. The summed E-state index contributed by atoms with van der Waals surface area (Å²) in [5.41, 5.74) is 3.11. The Morgan fingerprint density at radius 2 is 1.63 bits per heavy atom. The van der Waals surface area contributed by atoms with Gasteiger partial charge in [0.15, 0.2) is 15.7 Å². The number of benzene rings is 3. The maximum atomic E-state index is 12.1. The molecule has 5 rings (SSSR count). The van der Waals surface area contributed by atoms with E-state index >= 15 is 0 Å². The highest BCUT2D eigenvalue weighted by molar-refractivity contribution is 7.91. The summed E-state index contributed by atoms with van der Waals surface area (Å²) >= 11 is 0. The molecule has 0 bridgehead atoms. The molecule has 0 saturated carbocycles. The number of sulfone groups is 1. The zero-order valence-corrected chi connectivity index (χ0v) is 19.8. The number of imidazole rings is 1. The van der Waals surface area contributed by atoms with Gasteiger partial charge in [0.05, 0.1) is 21.7 Å². The van der Waals surface area contributed by atoms with Crippen LogP contribution < -0.4 is 9.47 Å². The molecule has 0 aliphatic heterocycles. The molecule has 7 nitrogen and oxygen atoms in total. The van der Waals surface area contributed by atoms with E-state index in [0.717, 1.165) is 28.0 Å². The molecule has 0 fully saturated rings. The van der Waals surface area contributed by atoms with Crippen molar-refractivity contribution in [3.63, 3.8) is 0 Å². The second-order valence-electron chi connectivity index (χ2n) is 7.86. The number of para-hydroxylation sites is 1. The van der Waals surface area contributed by atoms with Crippen molar-refractivity contribution < 1.29 is 17.9 Å². The van der Waals surface area contributed by atoms with Crippen LogP contribution in [0.3, 0.4) is 0 Å². The first kappa shape index (κ1) is 22.6. The van der Waals surface area contributed by atoms with Crippen LogP contribution in [0.15, 0.2) is 96.0 Å². The third kappa shape index (κ3) is 5.02. The predicted molar refractivity (Wildman–Crippen MR) is 134 cm³/mol. The third-order valence-corrected chi connectivity index (χ3v) is 7.23. The van der Waals surface area contributed by atoms with Crippen molar-refractivity contribution >= 4 is 20.9 Å². The summed E-state index contributed by atoms with van der Waals surface area (Å²) < 4.78 is 36.3. The Bertz CT molecular complexity index is 1550. The monoisotopic (exact) mass is 485 g/mol. The minimum absolute atomic E-state index is 0.0487. The Labute approximate surface area is 203 Å². The number of H-pyrrole nitrogens is 1. The maximum Gasteiger partial charge on any atom is 0.178 e. The molecule has 0 amide bonds. The first-order chi connectivity index (χ1) is 17.0. The zero-order chi connectivity index (χ0) is 24.3. The van der Waals surface area contributed by atoms with E-state index in [4.69, 9.17) is 14.5 Å². The van der Waals surface area contributed by atoms with Gasteiger partial charge >= 0.3 is 0 Å². The van der Waals surface area contributed by atoms with Crippen molar-refractivity contribution in [1.82, 2.24) is 15.0 Å². The largest absolute Gasteiger partial charge is 0.489 e. The van der Waals surface area contributed by atoms with Crippen molar-refractivity contribution in [2.24, 2.45) is 0 Å². The highest BCUT2D eigenvalue weighted by atomic mass is 32.2. The number of aromatic nitrogens is 3. The molecular weight excluding hydrogens is 462 g/mol. The summed E-state index contributed by atoms with van der Waals surface area (Å²) in [6.07, 6.45) is 1.72. The standard InChI is InChI=1S/C27H23N3O4S/c1-2-35(31,32)23-13-11-21(12-14-23)34-22-16-19(18-33-20-8-4-3-5-9-20)26-25(17-22)29-27(30-26)24-10-6-7-15-28-24/h3-17H,2,18H2,1H3,(H,29,30). The summed E-state index contributed by atoms with van der Waals surface area (Å²) in [5.74, 6) is 2.55. The second-order valence-corrected chi connectivity index (χ2v) is 10.1. The van der Waals surface area contributed by atoms with E-state index in [2.05, 4.69) is 9.97 Å². The van der Waals surface area contributed by atoms with E-state index < -0.39 is 9.84 Å². The lowest BCUT2D eigenvalue weighted by Gasteiger charge is -2.11. The number of hydrogen-bond acceptors (Lipinski definition) is 6. The van der Waals surface area contributed by atoms with Gasteiger partial charge in [0.1, 0.15) is 29.5 Å². The van der Waals surface area contributed by atoms with Crippen molar-refractivity contribution in [2.75, 3.05) is 5.75 Å². The van der Waals surface area contributed by atoms with E-state index in [9.17, 15) is 8.42 Å². The zero-order valence-electron chi connectivity index (χ0n) is 19.0. The number of fused-ring (bicyclic) bond motifs is 1. The molecule has 35 heavy (non-hydrogen) atoms. The molecule has 0 radical (unpaired) electrons. The van der Waals surface area contributed by atoms with Crippen molar-refractivity contribution in [3.8, 4) is 28.8 Å². The van der Waals surface area contributed by atoms with Gasteiger partial charge in [0.25, 0.3) is 0 Å². The Kier molecular flexibility index (Phi) is 6.20. The smallest absolute Gasteiger partial charge is 0.178 e. The molecule has 8 heteroatoms. The van der Waals surface area contributed by atoms with Gasteiger partial charge in [-0.2, -0.15) is 0 Å². The van der Waals surface area contributed by atoms with Gasteiger partial charge in [-0.05, 0) is 54.6 Å². The molecule has 0 spiro atoms. The Morgan fingerprint density at radius 1 is 0.857 bits per heavy atom. The van der Waals surface area contributed by atoms with E-state index in [-0.39, 0.29) is 17.3 Å². The van der Waals surface area contributed by atoms with Gasteiger partial charge < -0.3 is 14.5 Å². The minimum atomic E-state index is -3.27. The van der Waals surface area contributed by atoms with E-state index in [1.807, 2.05) is 60.7 Å². The molecule has 0 atom stereocenters. The molecule has 5 aromatic rings. The quantitative estimate of drug-likeness (QED) is 0.299. The molecule has 176 valence electrons. The van der Waals surface area contributed by atoms with E-state index in [1.54, 1.807) is 37.4 Å². The highest BCUT2D eigenvalue weighted by Crippen LogP contribution is 2.31. The maximum absolute atomic E-state index is 12.1. The molecule has 1 N–H and O–H groups in total. The average molecular weight is 486 g/mol. The molecule has 0 saturated heterocycles. The van der Waals surface area contributed by atoms with Gasteiger partial charge in [-0.15, -0.1) is 0 Å². The minimum Gasteiger partial charge on any atom is -0.489 e. The topological polar surface area (TPSA) is 94.2 Å². The molecule has 2 aromatic heterocycles. The molecular formula is C27H23N3O4S. The normalized spacial score (nSPS) is 11.5. The van der Waals surface area contributed by atoms with E-state index in [1.165, 1.54) is 0 Å². The van der Waals surface area contributed by atoms with Crippen LogP contribution in [-0.2, 0) is 16.4 Å². The number of ether oxygens (including phenoxy) is 2. The number of pyridine rings is 1. The second kappa shape index (κ2) is 9.60. The SMILES string of the molecule is CCS(=O)(=O)c1ccc(Oc2cc(COc3ccccc3)c3nc(-c4ccccn4)[nH]c3c2)cc1. The van der Waals surface area contributed by atoms with Gasteiger partial charge in [0.2, 0.25) is 0 Å². The Morgan fingerprint density at radius 3 is 2.34 bits per heavy atom. The van der Waals surface area contributed by atoms with Crippen LogP contribution in [0.2, 0.25) is 0 Å². The van der Waals surface area contributed by atoms with Crippen LogP contribution in [0.4, 0.5) is 0 Å². The average Bonchev–Trinajstić information content (AvgIpc) is 3.33. The van der Waals surface area contributed by atoms with Gasteiger partial charge in [-0.1, -0.05) is 31.2 Å². The predicted octanol–water partition coefficient (Wildman–Crippen LogP) is 5.79. The van der Waals surface area contributed by atoms with Crippen LogP contribution in [-0.4, -0.2) is 29.1 Å². The molecule has 2 heterocycles. The summed E-state index contributed by atoms with van der Waals surface area (Å²) in [7, 11) is -3.27. The Balaban J connectivity index is 1.49. The lowest BCUT2D eigenvalue weighted by atomic mass is 10.2. The lowest BCUT2D eigenvalue weighted by molar-refractivity contribution is 0.307. The fourth-order valence-corrected chi connectivity index (χ4v) is 4.53. The van der Waals surface area contributed by atoms with Crippen LogP contribution in [0, 0.1) is 0 Å². The summed E-state index contributed by atoms with van der Waals surface area (Å²) in [4.78, 5) is 12.8. The lowest BCUT2D eigenvalue weighted by Crippen LogP contribution is -2.03. The molecule has 3 aromatic carbocycles. The van der Waals surface area contributed by atoms with Crippen LogP contribution >= 0.6 is 0 Å². The van der Waals surface area contributed by atoms with Crippen LogP contribution in [0.1, 0.15) is 12.5 Å². The first-order valence-corrected chi connectivity index (χ1v) is 12.8. The third-order valence-electron chi connectivity index (χ3n) is 5.48. The van der Waals surface area contributed by atoms with Crippen molar-refractivity contribution in [2.45, 2.75) is 18.4 Å². The molecule has 0 aliphatic rings. The fraction of sp³-hybridized carbons (Fsp3) is 0.111. The highest BCUT2D eigenvalue weighted by Gasteiger charge is 2.15. The number of nitrogens with one attached hydrogen (secondary N) is 1. The van der Waals surface area contributed by atoms with Gasteiger partial charge in [-0.3, -0.25) is 4.98 Å². The van der Waals surface area contributed by atoms with E-state index in [0.29, 0.717) is 17.3 Å². The number of nitrogens with zero attached hydrogens (tertiary/aromatic N) is 2. The van der Waals surface area contributed by atoms with Gasteiger partial charge in [0, 0.05) is 17.8 Å². The Hall–Kier alpha value is -4.17. The fourth-order valence-electron chi connectivity index (χ4n) is 3.65. The van der Waals surface area contributed by atoms with Crippen LogP contribution in [0.25, 0.3) is 22.6 Å². The van der Waals surface area contributed by atoms with Crippen molar-refractivity contribution in [1.29, 1.82) is 0 Å².